The summed E-state index contributed by atoms with van der Waals surface area (Å²) in [5.41, 5.74) is 7.02. The lowest BCUT2D eigenvalue weighted by Gasteiger charge is -2.05. The lowest BCUT2D eigenvalue weighted by molar-refractivity contribution is 0.628. The first-order valence-corrected chi connectivity index (χ1v) is 5.88. The van der Waals surface area contributed by atoms with Crippen molar-refractivity contribution in [1.29, 1.82) is 0 Å². The molecule has 0 saturated carbocycles. The Bertz CT molecular complexity index is 570. The molecule has 17 heavy (non-hydrogen) atoms. The van der Waals surface area contributed by atoms with Crippen molar-refractivity contribution in [3.63, 3.8) is 0 Å². The molecule has 0 atom stereocenters. The van der Waals surface area contributed by atoms with Crippen LogP contribution in [0.5, 0.6) is 0 Å². The third-order valence-corrected chi connectivity index (χ3v) is 3.11. The molecule has 0 bridgehead atoms. The summed E-state index contributed by atoms with van der Waals surface area (Å²) in [5.74, 6) is 5.23. The number of thioether (sulfide) groups is 1. The molecule has 0 saturated heterocycles. The van der Waals surface area contributed by atoms with E-state index in [0.717, 1.165) is 16.5 Å². The van der Waals surface area contributed by atoms with Crippen LogP contribution in [0.15, 0.2) is 35.6 Å². The van der Waals surface area contributed by atoms with E-state index in [2.05, 4.69) is 10.1 Å². The summed E-state index contributed by atoms with van der Waals surface area (Å²) in [6, 6.07) is 6.50. The minimum atomic E-state index is -0.288. The Morgan fingerprint density at radius 1 is 1.47 bits per heavy atom. The van der Waals surface area contributed by atoms with Crippen molar-refractivity contribution >= 4 is 27.8 Å². The topological polar surface area (TPSA) is 77.3 Å². The first-order valence-electron chi connectivity index (χ1n) is 4.90. The van der Waals surface area contributed by atoms with Gasteiger partial charge < -0.3 is 11.6 Å². The largest absolute Gasteiger partial charge is 0.377 e. The first-order chi connectivity index (χ1) is 8.20. The predicted octanol–water partition coefficient (Wildman–Crippen LogP) is 1.80. The summed E-state index contributed by atoms with van der Waals surface area (Å²) in [5, 5.41) is 4.38. The van der Waals surface area contributed by atoms with E-state index < -0.39 is 0 Å². The SMILES string of the molecule is NN=C(N)SCc1cc(F)cc2cccnc12. The number of nitrogens with zero attached hydrogens (tertiary/aromatic N) is 2. The molecule has 0 radical (unpaired) electrons. The average molecular weight is 250 g/mol. The normalized spacial score (nSPS) is 11.9. The molecule has 2 rings (SSSR count). The summed E-state index contributed by atoms with van der Waals surface area (Å²) in [6.07, 6.45) is 1.68. The van der Waals surface area contributed by atoms with Gasteiger partial charge in [-0.15, -0.1) is 0 Å². The van der Waals surface area contributed by atoms with Gasteiger partial charge in [0.25, 0.3) is 0 Å². The van der Waals surface area contributed by atoms with Gasteiger partial charge in [-0.25, -0.2) is 4.39 Å². The van der Waals surface area contributed by atoms with Crippen molar-refractivity contribution < 1.29 is 4.39 Å². The molecule has 0 aliphatic heterocycles. The molecule has 0 unspecified atom stereocenters. The van der Waals surface area contributed by atoms with E-state index in [4.69, 9.17) is 11.6 Å². The zero-order valence-corrected chi connectivity index (χ0v) is 9.75. The minimum absolute atomic E-state index is 0.262. The van der Waals surface area contributed by atoms with E-state index in [1.807, 2.05) is 6.07 Å². The van der Waals surface area contributed by atoms with Crippen molar-refractivity contribution in [3.8, 4) is 0 Å². The Hall–Kier alpha value is -1.82. The third-order valence-electron chi connectivity index (χ3n) is 2.25. The molecule has 4 nitrogen and oxygen atoms in total. The van der Waals surface area contributed by atoms with Crippen LogP contribution in [-0.4, -0.2) is 10.2 Å². The molecule has 0 amide bonds. The second-order valence-electron chi connectivity index (χ2n) is 3.40. The van der Waals surface area contributed by atoms with Crippen LogP contribution >= 0.6 is 11.8 Å². The molecule has 1 aromatic heterocycles. The number of benzene rings is 1. The fourth-order valence-corrected chi connectivity index (χ4v) is 2.12. The Balaban J connectivity index is 2.38. The van der Waals surface area contributed by atoms with Crippen LogP contribution in [-0.2, 0) is 5.75 Å². The summed E-state index contributed by atoms with van der Waals surface area (Å²) >= 11 is 1.25. The van der Waals surface area contributed by atoms with Crippen molar-refractivity contribution in [2.45, 2.75) is 5.75 Å². The number of halogens is 1. The minimum Gasteiger partial charge on any atom is -0.377 e. The summed E-state index contributed by atoms with van der Waals surface area (Å²) in [7, 11) is 0. The number of rotatable bonds is 2. The fourth-order valence-electron chi connectivity index (χ4n) is 1.53. The van der Waals surface area contributed by atoms with Gasteiger partial charge in [-0.05, 0) is 23.8 Å². The number of aromatic nitrogens is 1. The molecule has 2 aromatic rings. The van der Waals surface area contributed by atoms with Gasteiger partial charge in [0.05, 0.1) is 5.52 Å². The van der Waals surface area contributed by atoms with Gasteiger partial charge in [0, 0.05) is 17.3 Å². The van der Waals surface area contributed by atoms with E-state index >= 15 is 0 Å². The molecule has 0 aliphatic carbocycles. The third kappa shape index (κ3) is 2.65. The van der Waals surface area contributed by atoms with Crippen LogP contribution in [0, 0.1) is 5.82 Å². The van der Waals surface area contributed by atoms with Crippen molar-refractivity contribution in [2.75, 3.05) is 0 Å². The highest BCUT2D eigenvalue weighted by Gasteiger charge is 2.06. The standard InChI is InChI=1S/C11H11FN4S/c12-9-4-7-2-1-3-15-10(7)8(5-9)6-17-11(13)16-14/h1-5H,6,14H2,(H2,13,16). The molecule has 0 aliphatic rings. The van der Waals surface area contributed by atoms with Crippen molar-refractivity contribution in [2.24, 2.45) is 16.7 Å². The van der Waals surface area contributed by atoms with Gasteiger partial charge in [-0.1, -0.05) is 17.8 Å². The van der Waals surface area contributed by atoms with Crippen LogP contribution in [0.1, 0.15) is 5.56 Å². The Morgan fingerprint density at radius 3 is 3.06 bits per heavy atom. The zero-order valence-electron chi connectivity index (χ0n) is 8.93. The molecular weight excluding hydrogens is 239 g/mol. The van der Waals surface area contributed by atoms with Crippen molar-refractivity contribution in [1.82, 2.24) is 4.98 Å². The number of pyridine rings is 1. The Morgan fingerprint density at radius 2 is 2.29 bits per heavy atom. The van der Waals surface area contributed by atoms with E-state index in [0.29, 0.717) is 5.75 Å². The van der Waals surface area contributed by atoms with Crippen LogP contribution in [0.2, 0.25) is 0 Å². The van der Waals surface area contributed by atoms with Gasteiger partial charge in [0.1, 0.15) is 5.82 Å². The lowest BCUT2D eigenvalue weighted by atomic mass is 10.1. The van der Waals surface area contributed by atoms with E-state index in [1.165, 1.54) is 23.9 Å². The molecule has 1 heterocycles. The van der Waals surface area contributed by atoms with Gasteiger partial charge in [-0.2, -0.15) is 5.10 Å². The van der Waals surface area contributed by atoms with Crippen LogP contribution < -0.4 is 11.6 Å². The second kappa shape index (κ2) is 5.01. The van der Waals surface area contributed by atoms with Gasteiger partial charge in [-0.3, -0.25) is 4.98 Å². The zero-order chi connectivity index (χ0) is 12.3. The maximum atomic E-state index is 13.4. The van der Waals surface area contributed by atoms with Crippen LogP contribution in [0.4, 0.5) is 4.39 Å². The molecule has 6 heteroatoms. The number of hydrogen-bond acceptors (Lipinski definition) is 4. The first kappa shape index (κ1) is 11.7. The number of nitrogens with two attached hydrogens (primary N) is 2. The molecule has 0 spiro atoms. The van der Waals surface area contributed by atoms with Gasteiger partial charge >= 0.3 is 0 Å². The average Bonchev–Trinajstić information content (AvgIpc) is 2.35. The number of hydrogen-bond donors (Lipinski definition) is 2. The fraction of sp³-hybridized carbons (Fsp3) is 0.0909. The molecule has 88 valence electrons. The quantitative estimate of drug-likeness (QED) is 0.369. The highest BCUT2D eigenvalue weighted by Crippen LogP contribution is 2.22. The highest BCUT2D eigenvalue weighted by molar-refractivity contribution is 8.13. The Labute approximate surface area is 102 Å². The molecule has 0 fully saturated rings. The maximum absolute atomic E-state index is 13.4. The predicted molar refractivity (Wildman–Crippen MR) is 68.8 cm³/mol. The van der Waals surface area contributed by atoms with E-state index in [1.54, 1.807) is 12.3 Å². The van der Waals surface area contributed by atoms with Crippen molar-refractivity contribution in [3.05, 3.63) is 41.8 Å². The highest BCUT2D eigenvalue weighted by atomic mass is 32.2. The Kier molecular flexibility index (Phi) is 3.43. The summed E-state index contributed by atoms with van der Waals surface area (Å²) in [6.45, 7) is 0. The van der Waals surface area contributed by atoms with Gasteiger partial charge in [0.15, 0.2) is 5.17 Å². The van der Waals surface area contributed by atoms with E-state index in [-0.39, 0.29) is 11.0 Å². The molecule has 4 N–H and O–H groups in total. The smallest absolute Gasteiger partial charge is 0.177 e. The number of fused-ring (bicyclic) bond motifs is 1. The summed E-state index contributed by atoms with van der Waals surface area (Å²) < 4.78 is 13.4. The van der Waals surface area contributed by atoms with Crippen LogP contribution in [0.25, 0.3) is 10.9 Å². The number of amidine groups is 1. The number of hydrazone groups is 1. The second-order valence-corrected chi connectivity index (χ2v) is 4.39. The van der Waals surface area contributed by atoms with Gasteiger partial charge in [0.2, 0.25) is 0 Å². The lowest BCUT2D eigenvalue weighted by Crippen LogP contribution is -2.09. The van der Waals surface area contributed by atoms with E-state index in [9.17, 15) is 4.39 Å². The monoisotopic (exact) mass is 250 g/mol. The molecule has 1 aromatic carbocycles. The maximum Gasteiger partial charge on any atom is 0.177 e. The van der Waals surface area contributed by atoms with Crippen LogP contribution in [0.3, 0.4) is 0 Å². The molecular formula is C11H11FN4S. The summed E-state index contributed by atoms with van der Waals surface area (Å²) in [4.78, 5) is 4.23.